The van der Waals surface area contributed by atoms with Gasteiger partial charge >= 0.3 is 6.09 Å². The molecule has 7 heteroatoms. The molecule has 6 nitrogen and oxygen atoms in total. The molecular weight excluding hydrogens is 288 g/mol. The molecule has 0 fully saturated rings. The highest BCUT2D eigenvalue weighted by Crippen LogP contribution is 2.07. The Morgan fingerprint density at radius 1 is 1.33 bits per heavy atom. The number of hydrogen-bond donors (Lipinski definition) is 3. The number of aryl methyl sites for hydroxylation is 1. The molecule has 0 bridgehead atoms. The number of rotatable bonds is 4. The van der Waals surface area contributed by atoms with E-state index in [1.54, 1.807) is 6.20 Å². The highest BCUT2D eigenvalue weighted by molar-refractivity contribution is 7.80. The molecule has 1 aromatic rings. The van der Waals surface area contributed by atoms with Crippen molar-refractivity contribution in [3.8, 4) is 0 Å². The maximum absolute atomic E-state index is 11.4. The Hall–Kier alpha value is -1.89. The molecule has 116 valence electrons. The summed E-state index contributed by atoms with van der Waals surface area (Å²) in [5.74, 6) is 0. The molecule has 0 saturated carbocycles. The minimum atomic E-state index is -0.492. The van der Waals surface area contributed by atoms with Gasteiger partial charge in [-0.1, -0.05) is 0 Å². The van der Waals surface area contributed by atoms with Crippen LogP contribution in [0, 0.1) is 6.92 Å². The second kappa shape index (κ2) is 7.78. The van der Waals surface area contributed by atoms with Gasteiger partial charge in [-0.05, 0) is 52.0 Å². The van der Waals surface area contributed by atoms with Crippen LogP contribution in [0.25, 0.3) is 0 Å². The molecular formula is C14H22N4O2S. The Morgan fingerprint density at radius 3 is 2.62 bits per heavy atom. The van der Waals surface area contributed by atoms with E-state index in [0.29, 0.717) is 18.2 Å². The van der Waals surface area contributed by atoms with E-state index in [-0.39, 0.29) is 0 Å². The largest absolute Gasteiger partial charge is 0.444 e. The van der Waals surface area contributed by atoms with Crippen LogP contribution in [0.1, 0.15) is 26.5 Å². The molecule has 0 spiro atoms. The lowest BCUT2D eigenvalue weighted by Crippen LogP contribution is -2.39. The molecule has 1 rings (SSSR count). The Bertz CT molecular complexity index is 500. The second-order valence-electron chi connectivity index (χ2n) is 5.50. The van der Waals surface area contributed by atoms with E-state index in [1.807, 2.05) is 39.8 Å². The van der Waals surface area contributed by atoms with Crippen LogP contribution in [-0.2, 0) is 4.74 Å². The summed E-state index contributed by atoms with van der Waals surface area (Å²) >= 11 is 5.16. The van der Waals surface area contributed by atoms with Crippen LogP contribution in [0.5, 0.6) is 0 Å². The molecule has 0 aromatic carbocycles. The molecule has 0 unspecified atom stereocenters. The van der Waals surface area contributed by atoms with Gasteiger partial charge in [0.25, 0.3) is 0 Å². The number of anilines is 1. The van der Waals surface area contributed by atoms with Gasteiger partial charge in [-0.3, -0.25) is 4.98 Å². The van der Waals surface area contributed by atoms with Crippen molar-refractivity contribution >= 4 is 29.1 Å². The predicted molar refractivity (Wildman–Crippen MR) is 87.4 cm³/mol. The summed E-state index contributed by atoms with van der Waals surface area (Å²) in [5, 5.41) is 9.18. The van der Waals surface area contributed by atoms with E-state index < -0.39 is 11.7 Å². The van der Waals surface area contributed by atoms with Crippen LogP contribution in [0.3, 0.4) is 0 Å². The van der Waals surface area contributed by atoms with Crippen molar-refractivity contribution in [2.24, 2.45) is 0 Å². The highest BCUT2D eigenvalue weighted by atomic mass is 32.1. The van der Waals surface area contributed by atoms with Gasteiger partial charge in [-0.2, -0.15) is 0 Å². The summed E-state index contributed by atoms with van der Waals surface area (Å²) in [7, 11) is 0. The quantitative estimate of drug-likeness (QED) is 0.585. The summed E-state index contributed by atoms with van der Waals surface area (Å²) in [6.07, 6.45) is 1.28. The number of alkyl carbamates (subject to hydrolysis) is 1. The number of hydrogen-bond acceptors (Lipinski definition) is 4. The molecule has 0 atom stereocenters. The van der Waals surface area contributed by atoms with E-state index in [0.717, 1.165) is 11.4 Å². The number of thiocarbonyl (C=S) groups is 1. The van der Waals surface area contributed by atoms with Crippen molar-refractivity contribution in [1.82, 2.24) is 15.6 Å². The number of aromatic nitrogens is 1. The zero-order valence-corrected chi connectivity index (χ0v) is 13.6. The standard InChI is InChI=1S/C14H22N4O2S/c1-10-9-11(5-6-15-10)18-12(21)16-7-8-17-13(19)20-14(2,3)4/h5-6,9H,7-8H2,1-4H3,(H,17,19)(H2,15,16,18,21). The average molecular weight is 310 g/mol. The molecule has 0 saturated heterocycles. The minimum Gasteiger partial charge on any atom is -0.444 e. The van der Waals surface area contributed by atoms with Crippen LogP contribution in [0.15, 0.2) is 18.3 Å². The lowest BCUT2D eigenvalue weighted by Gasteiger charge is -2.19. The average Bonchev–Trinajstić information content (AvgIpc) is 2.32. The fraction of sp³-hybridized carbons (Fsp3) is 0.500. The summed E-state index contributed by atoms with van der Waals surface area (Å²) in [6.45, 7) is 8.30. The van der Waals surface area contributed by atoms with Gasteiger partial charge in [0.05, 0.1) is 0 Å². The monoisotopic (exact) mass is 310 g/mol. The Balaban J connectivity index is 2.21. The predicted octanol–water partition coefficient (Wildman–Crippen LogP) is 2.20. The molecule has 1 heterocycles. The first-order chi connectivity index (χ1) is 9.76. The molecule has 1 aromatic heterocycles. The Kier molecular flexibility index (Phi) is 6.36. The van der Waals surface area contributed by atoms with E-state index in [1.165, 1.54) is 0 Å². The molecule has 0 radical (unpaired) electrons. The fourth-order valence-corrected chi connectivity index (χ4v) is 1.67. The van der Waals surface area contributed by atoms with Crippen LogP contribution in [0.2, 0.25) is 0 Å². The lowest BCUT2D eigenvalue weighted by atomic mass is 10.2. The molecule has 0 aliphatic heterocycles. The van der Waals surface area contributed by atoms with Gasteiger partial charge in [-0.15, -0.1) is 0 Å². The number of carbonyl (C=O) groups is 1. The van der Waals surface area contributed by atoms with Crippen molar-refractivity contribution in [3.05, 3.63) is 24.0 Å². The number of nitrogens with zero attached hydrogens (tertiary/aromatic N) is 1. The Morgan fingerprint density at radius 2 is 2.00 bits per heavy atom. The van der Waals surface area contributed by atoms with Crippen molar-refractivity contribution < 1.29 is 9.53 Å². The molecule has 3 N–H and O–H groups in total. The molecule has 0 aliphatic rings. The summed E-state index contributed by atoms with van der Waals surface area (Å²) in [5.41, 5.74) is 1.29. The SMILES string of the molecule is Cc1cc(NC(=S)NCCNC(=O)OC(C)(C)C)ccn1. The van der Waals surface area contributed by atoms with Crippen molar-refractivity contribution in [2.45, 2.75) is 33.3 Å². The van der Waals surface area contributed by atoms with Crippen molar-refractivity contribution in [3.63, 3.8) is 0 Å². The van der Waals surface area contributed by atoms with Crippen molar-refractivity contribution in [1.29, 1.82) is 0 Å². The maximum atomic E-state index is 11.4. The van der Waals surface area contributed by atoms with Crippen molar-refractivity contribution in [2.75, 3.05) is 18.4 Å². The lowest BCUT2D eigenvalue weighted by molar-refractivity contribution is 0.0529. The highest BCUT2D eigenvalue weighted by Gasteiger charge is 2.15. The van der Waals surface area contributed by atoms with Crippen LogP contribution in [0.4, 0.5) is 10.5 Å². The number of carbonyl (C=O) groups excluding carboxylic acids is 1. The molecule has 0 aliphatic carbocycles. The third-order valence-electron chi connectivity index (χ3n) is 2.23. The van der Waals surface area contributed by atoms with Crippen LogP contribution < -0.4 is 16.0 Å². The zero-order chi connectivity index (χ0) is 15.9. The van der Waals surface area contributed by atoms with Crippen LogP contribution in [-0.4, -0.2) is 34.9 Å². The van der Waals surface area contributed by atoms with E-state index in [4.69, 9.17) is 17.0 Å². The molecule has 1 amide bonds. The summed E-state index contributed by atoms with van der Waals surface area (Å²) < 4.78 is 5.12. The van der Waals surface area contributed by atoms with Gasteiger partial charge in [0.2, 0.25) is 0 Å². The van der Waals surface area contributed by atoms with Gasteiger partial charge in [0.1, 0.15) is 5.60 Å². The topological polar surface area (TPSA) is 75.3 Å². The Labute approximate surface area is 130 Å². The maximum Gasteiger partial charge on any atom is 0.407 e. The van der Waals surface area contributed by atoms with E-state index >= 15 is 0 Å². The summed E-state index contributed by atoms with van der Waals surface area (Å²) in [4.78, 5) is 15.5. The number of ether oxygens (including phenoxy) is 1. The minimum absolute atomic E-state index is 0.423. The van der Waals surface area contributed by atoms with E-state index in [2.05, 4.69) is 20.9 Å². The number of amides is 1. The normalized spacial score (nSPS) is 10.7. The van der Waals surface area contributed by atoms with Gasteiger partial charge < -0.3 is 20.7 Å². The van der Waals surface area contributed by atoms with Crippen LogP contribution >= 0.6 is 12.2 Å². The zero-order valence-electron chi connectivity index (χ0n) is 12.8. The molecule has 21 heavy (non-hydrogen) atoms. The number of pyridine rings is 1. The number of nitrogens with one attached hydrogen (secondary N) is 3. The third-order valence-corrected chi connectivity index (χ3v) is 2.48. The van der Waals surface area contributed by atoms with E-state index in [9.17, 15) is 4.79 Å². The van der Waals surface area contributed by atoms with Gasteiger partial charge in [-0.25, -0.2) is 4.79 Å². The fourth-order valence-electron chi connectivity index (χ4n) is 1.45. The first kappa shape index (κ1) is 17.2. The first-order valence-electron chi connectivity index (χ1n) is 6.70. The van der Waals surface area contributed by atoms with Gasteiger partial charge in [0.15, 0.2) is 5.11 Å². The smallest absolute Gasteiger partial charge is 0.407 e. The first-order valence-corrected chi connectivity index (χ1v) is 7.11. The summed E-state index contributed by atoms with van der Waals surface area (Å²) in [6, 6.07) is 3.73. The third kappa shape index (κ3) is 8.09. The second-order valence-corrected chi connectivity index (χ2v) is 5.90. The van der Waals surface area contributed by atoms with Gasteiger partial charge in [0, 0.05) is 30.7 Å².